The lowest BCUT2D eigenvalue weighted by molar-refractivity contribution is -0.239. The molecular weight excluding hydrogens is 319 g/mol. The molecule has 1 aliphatic rings. The van der Waals surface area contributed by atoms with E-state index in [0.717, 1.165) is 38.0 Å². The van der Waals surface area contributed by atoms with Crippen LogP contribution in [0.25, 0.3) is 6.08 Å². The number of benzene rings is 1. The Bertz CT molecular complexity index is 494. The molecule has 1 heterocycles. The van der Waals surface area contributed by atoms with Gasteiger partial charge in [0, 0.05) is 16.5 Å². The van der Waals surface area contributed by atoms with Gasteiger partial charge in [-0.3, -0.25) is 0 Å². The van der Waals surface area contributed by atoms with Crippen molar-refractivity contribution in [2.75, 3.05) is 13.2 Å². The Morgan fingerprint density at radius 3 is 2.59 bits per heavy atom. The molecule has 0 amide bonds. The maximum atomic E-state index is 6.22. The second kappa shape index (κ2) is 8.93. The Morgan fingerprint density at radius 2 is 1.91 bits per heavy atom. The van der Waals surface area contributed by atoms with Gasteiger partial charge in [-0.1, -0.05) is 61.5 Å². The van der Waals surface area contributed by atoms with E-state index in [-0.39, 0.29) is 0 Å². The molecule has 0 unspecified atom stereocenters. The molecule has 1 aromatic carbocycles. The topological polar surface area (TPSA) is 18.5 Å². The molecule has 2 nitrogen and oxygen atoms in total. The number of unbranched alkanes of at least 4 members (excludes halogenated alkanes) is 3. The third-order valence-corrected chi connectivity index (χ3v) is 4.40. The van der Waals surface area contributed by atoms with Crippen LogP contribution in [0.3, 0.4) is 0 Å². The summed E-state index contributed by atoms with van der Waals surface area (Å²) in [5.74, 6) is -0.602. The maximum absolute atomic E-state index is 6.22. The molecule has 0 radical (unpaired) electrons. The van der Waals surface area contributed by atoms with Crippen LogP contribution >= 0.6 is 23.2 Å². The van der Waals surface area contributed by atoms with Gasteiger partial charge in [0.2, 0.25) is 0 Å². The zero-order valence-electron chi connectivity index (χ0n) is 13.1. The van der Waals surface area contributed by atoms with Crippen molar-refractivity contribution in [2.45, 2.75) is 51.2 Å². The van der Waals surface area contributed by atoms with Gasteiger partial charge in [-0.05, 0) is 36.6 Å². The van der Waals surface area contributed by atoms with Crippen molar-refractivity contribution < 1.29 is 9.47 Å². The predicted molar refractivity (Wildman–Crippen MR) is 93.5 cm³/mol. The van der Waals surface area contributed by atoms with E-state index in [9.17, 15) is 0 Å². The van der Waals surface area contributed by atoms with Gasteiger partial charge in [0.15, 0.2) is 5.79 Å². The first-order valence-electron chi connectivity index (χ1n) is 8.07. The molecule has 122 valence electrons. The van der Waals surface area contributed by atoms with E-state index in [1.807, 2.05) is 24.3 Å². The van der Waals surface area contributed by atoms with E-state index >= 15 is 0 Å². The van der Waals surface area contributed by atoms with Crippen molar-refractivity contribution in [1.29, 1.82) is 0 Å². The first kappa shape index (κ1) is 17.8. The fourth-order valence-electron chi connectivity index (χ4n) is 2.57. The Morgan fingerprint density at radius 1 is 1.14 bits per heavy atom. The lowest BCUT2D eigenvalue weighted by Crippen LogP contribution is -2.38. The van der Waals surface area contributed by atoms with E-state index in [1.54, 1.807) is 6.07 Å². The molecule has 0 aliphatic carbocycles. The SMILES string of the molecule is CCCCCCC1(/C=C/c2ccc(Cl)cc2Cl)OCCCO1. The van der Waals surface area contributed by atoms with Crippen LogP contribution < -0.4 is 0 Å². The average molecular weight is 343 g/mol. The normalized spacial score (nSPS) is 18.0. The highest BCUT2D eigenvalue weighted by Gasteiger charge is 2.31. The molecular formula is C18H24Cl2O2. The van der Waals surface area contributed by atoms with Gasteiger partial charge in [-0.2, -0.15) is 0 Å². The van der Waals surface area contributed by atoms with Gasteiger partial charge in [0.25, 0.3) is 0 Å². The van der Waals surface area contributed by atoms with Gasteiger partial charge < -0.3 is 9.47 Å². The molecule has 22 heavy (non-hydrogen) atoms. The van der Waals surface area contributed by atoms with Gasteiger partial charge in [0.05, 0.1) is 13.2 Å². The van der Waals surface area contributed by atoms with Crippen LogP contribution in [0.2, 0.25) is 10.0 Å². The van der Waals surface area contributed by atoms with E-state index < -0.39 is 5.79 Å². The van der Waals surface area contributed by atoms with E-state index in [1.165, 1.54) is 19.3 Å². The highest BCUT2D eigenvalue weighted by atomic mass is 35.5. The minimum atomic E-state index is -0.602. The zero-order valence-corrected chi connectivity index (χ0v) is 14.6. The molecule has 0 spiro atoms. The van der Waals surface area contributed by atoms with E-state index in [4.69, 9.17) is 32.7 Å². The standard InChI is InChI=1S/C18H24Cl2O2/c1-2-3-4-5-10-18(21-12-6-13-22-18)11-9-15-7-8-16(19)14-17(15)20/h7-9,11,14H,2-6,10,12-13H2,1H3/b11-9+. The Labute approximate surface area is 143 Å². The number of rotatable bonds is 7. The second-order valence-corrected chi connectivity index (χ2v) is 6.52. The minimum Gasteiger partial charge on any atom is -0.346 e. The van der Waals surface area contributed by atoms with Crippen LogP contribution in [-0.2, 0) is 9.47 Å². The van der Waals surface area contributed by atoms with Crippen molar-refractivity contribution >= 4 is 29.3 Å². The number of halogens is 2. The van der Waals surface area contributed by atoms with Crippen molar-refractivity contribution in [3.63, 3.8) is 0 Å². The lowest BCUT2D eigenvalue weighted by atomic mass is 10.0. The third kappa shape index (κ3) is 5.27. The van der Waals surface area contributed by atoms with Crippen LogP contribution in [-0.4, -0.2) is 19.0 Å². The summed E-state index contributed by atoms with van der Waals surface area (Å²) in [4.78, 5) is 0. The molecule has 4 heteroatoms. The number of hydrogen-bond acceptors (Lipinski definition) is 2. The summed E-state index contributed by atoms with van der Waals surface area (Å²) in [6.07, 6.45) is 10.6. The summed E-state index contributed by atoms with van der Waals surface area (Å²) in [6.45, 7) is 3.70. The monoisotopic (exact) mass is 342 g/mol. The first-order valence-corrected chi connectivity index (χ1v) is 8.83. The largest absolute Gasteiger partial charge is 0.346 e. The quantitative estimate of drug-likeness (QED) is 0.556. The van der Waals surface area contributed by atoms with Crippen LogP contribution in [0.1, 0.15) is 51.0 Å². The summed E-state index contributed by atoms with van der Waals surface area (Å²) >= 11 is 12.2. The number of ether oxygens (including phenoxy) is 2. The minimum absolute atomic E-state index is 0.602. The summed E-state index contributed by atoms with van der Waals surface area (Å²) < 4.78 is 11.9. The first-order chi connectivity index (χ1) is 10.7. The van der Waals surface area contributed by atoms with Crippen LogP contribution in [0.15, 0.2) is 24.3 Å². The van der Waals surface area contributed by atoms with Crippen molar-refractivity contribution in [3.8, 4) is 0 Å². The van der Waals surface area contributed by atoms with Gasteiger partial charge >= 0.3 is 0 Å². The molecule has 0 atom stereocenters. The molecule has 1 aliphatic heterocycles. The Balaban J connectivity index is 2.06. The van der Waals surface area contributed by atoms with Gasteiger partial charge in [-0.15, -0.1) is 0 Å². The zero-order chi connectivity index (χ0) is 15.8. The molecule has 0 bridgehead atoms. The third-order valence-electron chi connectivity index (χ3n) is 3.84. The fourth-order valence-corrected chi connectivity index (χ4v) is 3.04. The van der Waals surface area contributed by atoms with Gasteiger partial charge in [-0.25, -0.2) is 0 Å². The van der Waals surface area contributed by atoms with E-state index in [0.29, 0.717) is 10.0 Å². The lowest BCUT2D eigenvalue weighted by Gasteiger charge is -2.35. The molecule has 0 aromatic heterocycles. The van der Waals surface area contributed by atoms with Crippen LogP contribution in [0.4, 0.5) is 0 Å². The van der Waals surface area contributed by atoms with Crippen LogP contribution in [0, 0.1) is 0 Å². The summed E-state index contributed by atoms with van der Waals surface area (Å²) in [5.41, 5.74) is 0.928. The highest BCUT2D eigenvalue weighted by molar-refractivity contribution is 6.35. The summed E-state index contributed by atoms with van der Waals surface area (Å²) in [7, 11) is 0. The maximum Gasteiger partial charge on any atom is 0.188 e. The molecule has 1 aromatic rings. The fraction of sp³-hybridized carbons (Fsp3) is 0.556. The van der Waals surface area contributed by atoms with Crippen molar-refractivity contribution in [3.05, 3.63) is 39.9 Å². The van der Waals surface area contributed by atoms with Crippen molar-refractivity contribution in [2.24, 2.45) is 0 Å². The molecule has 2 rings (SSSR count). The predicted octanol–water partition coefficient (Wildman–Crippen LogP) is 6.11. The molecule has 1 saturated heterocycles. The summed E-state index contributed by atoms with van der Waals surface area (Å²) in [6, 6.07) is 5.50. The highest BCUT2D eigenvalue weighted by Crippen LogP contribution is 2.29. The Hall–Kier alpha value is -0.540. The Kier molecular flexibility index (Phi) is 7.23. The van der Waals surface area contributed by atoms with Gasteiger partial charge in [0.1, 0.15) is 0 Å². The molecule has 0 saturated carbocycles. The number of hydrogen-bond donors (Lipinski definition) is 0. The molecule has 1 fully saturated rings. The van der Waals surface area contributed by atoms with Crippen LogP contribution in [0.5, 0.6) is 0 Å². The molecule has 0 N–H and O–H groups in total. The average Bonchev–Trinajstić information content (AvgIpc) is 2.52. The smallest absolute Gasteiger partial charge is 0.188 e. The second-order valence-electron chi connectivity index (χ2n) is 5.67. The van der Waals surface area contributed by atoms with E-state index in [2.05, 4.69) is 6.92 Å². The van der Waals surface area contributed by atoms with Crippen molar-refractivity contribution in [1.82, 2.24) is 0 Å². The summed E-state index contributed by atoms with van der Waals surface area (Å²) in [5, 5.41) is 1.28.